The molecule has 1 N–H and O–H groups in total. The third kappa shape index (κ3) is 2.44. The first kappa shape index (κ1) is 14.6. The molecule has 0 aliphatic heterocycles. The SMILES string of the molecule is Cc1cc(C)n(-c2ccc(Cl)c(Cl)c2)c(=O)c1C(=O)O. The first-order valence-corrected chi connectivity index (χ1v) is 6.50. The zero-order chi connectivity index (χ0) is 15.0. The Morgan fingerprint density at radius 2 is 1.80 bits per heavy atom. The van der Waals surface area contributed by atoms with Gasteiger partial charge in [0.05, 0.1) is 15.7 Å². The van der Waals surface area contributed by atoms with Crippen LogP contribution in [0.1, 0.15) is 21.6 Å². The van der Waals surface area contributed by atoms with Crippen molar-refractivity contribution < 1.29 is 9.90 Å². The molecule has 6 heteroatoms. The van der Waals surface area contributed by atoms with Crippen LogP contribution in [0.3, 0.4) is 0 Å². The highest BCUT2D eigenvalue weighted by Crippen LogP contribution is 2.24. The molecule has 1 aromatic carbocycles. The van der Waals surface area contributed by atoms with Crippen LogP contribution in [-0.4, -0.2) is 15.6 Å². The fraction of sp³-hybridized carbons (Fsp3) is 0.143. The molecule has 0 radical (unpaired) electrons. The van der Waals surface area contributed by atoms with E-state index < -0.39 is 11.5 Å². The molecule has 0 atom stereocenters. The van der Waals surface area contributed by atoms with Gasteiger partial charge in [-0.25, -0.2) is 4.79 Å². The van der Waals surface area contributed by atoms with Crippen LogP contribution in [-0.2, 0) is 0 Å². The van der Waals surface area contributed by atoms with Crippen LogP contribution >= 0.6 is 23.2 Å². The van der Waals surface area contributed by atoms with E-state index in [9.17, 15) is 9.59 Å². The molecule has 104 valence electrons. The number of pyridine rings is 1. The Morgan fingerprint density at radius 1 is 1.15 bits per heavy atom. The molecule has 0 unspecified atom stereocenters. The Bertz CT molecular complexity index is 766. The quantitative estimate of drug-likeness (QED) is 0.924. The Hall–Kier alpha value is -1.78. The molecule has 2 rings (SSSR count). The molecule has 2 aromatic rings. The number of hydrogen-bond donors (Lipinski definition) is 1. The minimum Gasteiger partial charge on any atom is -0.477 e. The molecule has 0 saturated carbocycles. The van der Waals surface area contributed by atoms with Gasteiger partial charge < -0.3 is 5.11 Å². The van der Waals surface area contributed by atoms with E-state index in [4.69, 9.17) is 28.3 Å². The Kier molecular flexibility index (Phi) is 3.88. The molecule has 0 bridgehead atoms. The van der Waals surface area contributed by atoms with Gasteiger partial charge >= 0.3 is 5.97 Å². The zero-order valence-corrected chi connectivity index (χ0v) is 12.3. The van der Waals surface area contributed by atoms with Gasteiger partial charge in [-0.1, -0.05) is 23.2 Å². The van der Waals surface area contributed by atoms with Gasteiger partial charge in [-0.05, 0) is 43.7 Å². The van der Waals surface area contributed by atoms with Gasteiger partial charge in [0.15, 0.2) is 0 Å². The lowest BCUT2D eigenvalue weighted by Gasteiger charge is -2.13. The maximum atomic E-state index is 12.4. The molecule has 0 spiro atoms. The van der Waals surface area contributed by atoms with Crippen molar-refractivity contribution in [2.24, 2.45) is 0 Å². The largest absolute Gasteiger partial charge is 0.477 e. The highest BCUT2D eigenvalue weighted by atomic mass is 35.5. The number of rotatable bonds is 2. The fourth-order valence-corrected chi connectivity index (χ4v) is 2.39. The topological polar surface area (TPSA) is 59.3 Å². The van der Waals surface area contributed by atoms with Crippen LogP contribution in [0, 0.1) is 13.8 Å². The normalized spacial score (nSPS) is 10.6. The van der Waals surface area contributed by atoms with Crippen molar-refractivity contribution in [1.82, 2.24) is 4.57 Å². The minimum atomic E-state index is -1.25. The van der Waals surface area contributed by atoms with E-state index in [1.807, 2.05) is 0 Å². The van der Waals surface area contributed by atoms with E-state index in [2.05, 4.69) is 0 Å². The van der Waals surface area contributed by atoms with E-state index in [-0.39, 0.29) is 5.56 Å². The molecular weight excluding hydrogens is 301 g/mol. The maximum absolute atomic E-state index is 12.4. The summed E-state index contributed by atoms with van der Waals surface area (Å²) in [6, 6.07) is 6.35. The number of aromatic carboxylic acids is 1. The van der Waals surface area contributed by atoms with Crippen molar-refractivity contribution in [1.29, 1.82) is 0 Å². The van der Waals surface area contributed by atoms with Crippen LogP contribution in [0.15, 0.2) is 29.1 Å². The van der Waals surface area contributed by atoms with Crippen LogP contribution in [0.2, 0.25) is 10.0 Å². The molecule has 1 aromatic heterocycles. The average molecular weight is 312 g/mol. The van der Waals surface area contributed by atoms with Gasteiger partial charge in [0.25, 0.3) is 5.56 Å². The molecule has 20 heavy (non-hydrogen) atoms. The monoisotopic (exact) mass is 311 g/mol. The number of carboxylic acid groups (broad SMARTS) is 1. The Labute approximate surface area is 125 Å². The van der Waals surface area contributed by atoms with Crippen molar-refractivity contribution in [3.05, 3.63) is 61.5 Å². The van der Waals surface area contributed by atoms with Crippen molar-refractivity contribution in [2.75, 3.05) is 0 Å². The lowest BCUT2D eigenvalue weighted by molar-refractivity contribution is 0.0693. The minimum absolute atomic E-state index is 0.248. The average Bonchev–Trinajstić information content (AvgIpc) is 2.32. The van der Waals surface area contributed by atoms with Crippen molar-refractivity contribution in [2.45, 2.75) is 13.8 Å². The summed E-state index contributed by atoms with van der Waals surface area (Å²) >= 11 is 11.8. The van der Waals surface area contributed by atoms with E-state index in [0.717, 1.165) is 0 Å². The molecule has 4 nitrogen and oxygen atoms in total. The predicted octanol–water partition coefficient (Wildman–Crippen LogP) is 3.46. The van der Waals surface area contributed by atoms with E-state index >= 15 is 0 Å². The predicted molar refractivity (Wildman–Crippen MR) is 78.5 cm³/mol. The first-order valence-electron chi connectivity index (χ1n) is 5.75. The summed E-state index contributed by atoms with van der Waals surface area (Å²) < 4.78 is 1.30. The lowest BCUT2D eigenvalue weighted by Crippen LogP contribution is -2.28. The molecule has 1 heterocycles. The number of carboxylic acids is 1. The molecule has 0 amide bonds. The second-order valence-electron chi connectivity index (χ2n) is 4.39. The third-order valence-corrected chi connectivity index (χ3v) is 3.70. The van der Waals surface area contributed by atoms with Crippen LogP contribution < -0.4 is 5.56 Å². The number of halogens is 2. The maximum Gasteiger partial charge on any atom is 0.341 e. The molecule has 0 aliphatic carbocycles. The van der Waals surface area contributed by atoms with Crippen molar-refractivity contribution in [3.8, 4) is 5.69 Å². The summed E-state index contributed by atoms with van der Waals surface area (Å²) in [5.41, 5.74) is 0.687. The van der Waals surface area contributed by atoms with Gasteiger partial charge in [0, 0.05) is 5.69 Å². The van der Waals surface area contributed by atoms with E-state index in [1.165, 1.54) is 10.6 Å². The number of aromatic nitrogens is 1. The summed E-state index contributed by atoms with van der Waals surface area (Å²) in [5.74, 6) is -1.25. The fourth-order valence-electron chi connectivity index (χ4n) is 2.10. The summed E-state index contributed by atoms with van der Waals surface area (Å²) in [4.78, 5) is 23.6. The van der Waals surface area contributed by atoms with Gasteiger partial charge in [0.2, 0.25) is 0 Å². The Balaban J connectivity index is 2.80. The number of nitrogens with zero attached hydrogens (tertiary/aromatic N) is 1. The summed E-state index contributed by atoms with van der Waals surface area (Å²) in [6.45, 7) is 3.32. The number of benzene rings is 1. The molecular formula is C14H11Cl2NO3. The zero-order valence-electron chi connectivity index (χ0n) is 10.8. The summed E-state index contributed by atoms with van der Waals surface area (Å²) in [5, 5.41) is 9.81. The van der Waals surface area contributed by atoms with Gasteiger partial charge in [-0.3, -0.25) is 9.36 Å². The van der Waals surface area contributed by atoms with Crippen LogP contribution in [0.5, 0.6) is 0 Å². The second kappa shape index (κ2) is 5.31. The molecule has 0 aliphatic rings. The highest BCUT2D eigenvalue weighted by molar-refractivity contribution is 6.42. The van der Waals surface area contributed by atoms with E-state index in [0.29, 0.717) is 27.0 Å². The lowest BCUT2D eigenvalue weighted by atomic mass is 10.1. The number of hydrogen-bond acceptors (Lipinski definition) is 2. The molecule has 0 fully saturated rings. The van der Waals surface area contributed by atoms with Crippen molar-refractivity contribution >= 4 is 29.2 Å². The highest BCUT2D eigenvalue weighted by Gasteiger charge is 2.17. The Morgan fingerprint density at radius 3 is 2.35 bits per heavy atom. The standard InChI is InChI=1S/C14H11Cl2NO3/c1-7-5-8(2)17(13(18)12(7)14(19)20)9-3-4-10(15)11(16)6-9/h3-6H,1-2H3,(H,19,20). The van der Waals surface area contributed by atoms with E-state index in [1.54, 1.807) is 32.0 Å². The van der Waals surface area contributed by atoms with Gasteiger partial charge in [-0.15, -0.1) is 0 Å². The van der Waals surface area contributed by atoms with Crippen LogP contribution in [0.4, 0.5) is 0 Å². The first-order chi connectivity index (χ1) is 9.32. The van der Waals surface area contributed by atoms with Gasteiger partial charge in [0.1, 0.15) is 5.56 Å². The second-order valence-corrected chi connectivity index (χ2v) is 5.20. The van der Waals surface area contributed by atoms with Crippen molar-refractivity contribution in [3.63, 3.8) is 0 Å². The number of aryl methyl sites for hydroxylation is 2. The van der Waals surface area contributed by atoms with Gasteiger partial charge in [-0.2, -0.15) is 0 Å². The summed E-state index contributed by atoms with van der Waals surface area (Å²) in [6.07, 6.45) is 0. The third-order valence-electron chi connectivity index (χ3n) is 2.96. The smallest absolute Gasteiger partial charge is 0.341 e. The summed E-state index contributed by atoms with van der Waals surface area (Å²) in [7, 11) is 0. The number of carbonyl (C=O) groups is 1. The molecule has 0 saturated heterocycles. The van der Waals surface area contributed by atoms with Crippen LogP contribution in [0.25, 0.3) is 5.69 Å².